The third-order valence-corrected chi connectivity index (χ3v) is 10.4. The Morgan fingerprint density at radius 3 is 2.15 bits per heavy atom. The molecule has 0 aromatic heterocycles. The zero-order chi connectivity index (χ0) is 19.1. The molecule has 1 aromatic carbocycles. The van der Waals surface area contributed by atoms with Crippen molar-refractivity contribution in [3.63, 3.8) is 0 Å². The molecule has 3 nitrogen and oxygen atoms in total. The van der Waals surface area contributed by atoms with Crippen LogP contribution in [0.2, 0.25) is 18.1 Å². The predicted octanol–water partition coefficient (Wildman–Crippen LogP) is 5.84. The van der Waals surface area contributed by atoms with Crippen molar-refractivity contribution in [1.82, 2.24) is 0 Å². The van der Waals surface area contributed by atoms with E-state index in [1.54, 1.807) is 25.2 Å². The second-order valence-corrected chi connectivity index (χ2v) is 12.1. The number of hydrogen-bond acceptors (Lipinski definition) is 3. The molecule has 0 N–H and O–H groups in total. The molecule has 4 heteroatoms. The molecule has 1 aliphatic carbocycles. The van der Waals surface area contributed by atoms with E-state index in [9.17, 15) is 4.79 Å². The monoisotopic (exact) mass is 388 g/mol. The summed E-state index contributed by atoms with van der Waals surface area (Å²) in [6.07, 6.45) is 10.2. The highest BCUT2D eigenvalue weighted by molar-refractivity contribution is 6.58. The van der Waals surface area contributed by atoms with E-state index in [2.05, 4.69) is 6.92 Å². The fraction of sp³-hybridized carbons (Fsp3) is 0.696. The van der Waals surface area contributed by atoms with Gasteiger partial charge in [0.25, 0.3) is 0 Å². The summed E-state index contributed by atoms with van der Waals surface area (Å²) >= 11 is 0. The van der Waals surface area contributed by atoms with Gasteiger partial charge in [-0.1, -0.05) is 50.7 Å². The van der Waals surface area contributed by atoms with E-state index in [-0.39, 0.29) is 11.9 Å². The van der Waals surface area contributed by atoms with E-state index < -0.39 is 8.80 Å². The Labute approximate surface area is 166 Å². The molecular formula is C23H36O3Si. The zero-order valence-corrected chi connectivity index (χ0v) is 18.3. The molecule has 0 atom stereocenters. The van der Waals surface area contributed by atoms with Crippen LogP contribution in [0.15, 0.2) is 24.3 Å². The molecule has 2 fully saturated rings. The molecule has 0 radical (unpaired) electrons. The first-order chi connectivity index (χ1) is 13.2. The lowest BCUT2D eigenvalue weighted by Crippen LogP contribution is -2.31. The van der Waals surface area contributed by atoms with Gasteiger partial charge in [-0.3, -0.25) is 4.79 Å². The molecule has 1 saturated carbocycles. The minimum atomic E-state index is -0.394. The van der Waals surface area contributed by atoms with E-state index >= 15 is 0 Å². The number of benzene rings is 1. The van der Waals surface area contributed by atoms with Crippen molar-refractivity contribution in [2.75, 3.05) is 7.11 Å². The summed E-state index contributed by atoms with van der Waals surface area (Å²) in [6, 6.07) is 12.0. The van der Waals surface area contributed by atoms with Gasteiger partial charge in [-0.05, 0) is 61.8 Å². The number of hydrogen-bond donors (Lipinski definition) is 0. The van der Waals surface area contributed by atoms with E-state index in [0.717, 1.165) is 30.4 Å². The molecule has 1 heterocycles. The Morgan fingerprint density at radius 1 is 0.963 bits per heavy atom. The van der Waals surface area contributed by atoms with E-state index in [1.165, 1.54) is 38.5 Å². The van der Waals surface area contributed by atoms with Crippen LogP contribution in [-0.2, 0) is 4.79 Å². The Morgan fingerprint density at radius 2 is 1.56 bits per heavy atom. The fourth-order valence-corrected chi connectivity index (χ4v) is 8.76. The Balaban J connectivity index is 1.40. The maximum atomic E-state index is 12.5. The molecule has 3 rings (SSSR count). The summed E-state index contributed by atoms with van der Waals surface area (Å²) in [5.74, 6) is 3.24. The fourth-order valence-electron chi connectivity index (χ4n) is 5.11. The minimum Gasteiger partial charge on any atom is -0.497 e. The second kappa shape index (κ2) is 10.3. The summed E-state index contributed by atoms with van der Waals surface area (Å²) in [7, 11) is 1.24. The van der Waals surface area contributed by atoms with Crippen LogP contribution >= 0.6 is 0 Å². The molecule has 1 saturated heterocycles. The SMILES string of the molecule is CCCC[SiH]1CCC(C2CCC(C(=O)Oc3ccc(OC)cc3)CC2)CC1. The van der Waals surface area contributed by atoms with Crippen molar-refractivity contribution in [2.24, 2.45) is 17.8 Å². The number of rotatable bonds is 7. The van der Waals surface area contributed by atoms with Gasteiger partial charge in [0.15, 0.2) is 0 Å². The first-order valence-electron chi connectivity index (χ1n) is 11.0. The molecule has 27 heavy (non-hydrogen) atoms. The Hall–Kier alpha value is -1.29. The summed E-state index contributed by atoms with van der Waals surface area (Å²) in [4.78, 5) is 12.5. The van der Waals surface area contributed by atoms with Crippen LogP contribution in [-0.4, -0.2) is 21.9 Å². The molecule has 0 amide bonds. The third-order valence-electron chi connectivity index (χ3n) is 6.91. The summed E-state index contributed by atoms with van der Waals surface area (Å²) in [5, 5.41) is 0. The molecule has 150 valence electrons. The minimum absolute atomic E-state index is 0.0469. The Bertz CT molecular complexity index is 570. The quantitative estimate of drug-likeness (QED) is 0.334. The standard InChI is InChI=1S/C23H36O3Si/c1-3-4-15-27-16-13-19(14-17-27)18-5-7-20(8-6-18)23(24)26-22-11-9-21(25-2)10-12-22/h9-12,18-20,27H,3-8,13-17H2,1-2H3. The molecule has 1 aromatic rings. The summed E-state index contributed by atoms with van der Waals surface area (Å²) in [5.41, 5.74) is 0. The number of esters is 1. The first kappa shape index (κ1) is 20.4. The highest BCUT2D eigenvalue weighted by Crippen LogP contribution is 2.41. The van der Waals surface area contributed by atoms with Crippen LogP contribution < -0.4 is 9.47 Å². The van der Waals surface area contributed by atoms with Crippen LogP contribution in [0.25, 0.3) is 0 Å². The number of ether oxygens (including phenoxy) is 2. The van der Waals surface area contributed by atoms with Gasteiger partial charge in [0.05, 0.1) is 13.0 Å². The van der Waals surface area contributed by atoms with Crippen molar-refractivity contribution in [3.05, 3.63) is 24.3 Å². The van der Waals surface area contributed by atoms with E-state index in [0.29, 0.717) is 5.75 Å². The summed E-state index contributed by atoms with van der Waals surface area (Å²) < 4.78 is 10.7. The predicted molar refractivity (Wildman–Crippen MR) is 113 cm³/mol. The van der Waals surface area contributed by atoms with Gasteiger partial charge in [0.1, 0.15) is 11.5 Å². The topological polar surface area (TPSA) is 35.5 Å². The molecule has 0 spiro atoms. The van der Waals surface area contributed by atoms with Gasteiger partial charge in [0.2, 0.25) is 0 Å². The largest absolute Gasteiger partial charge is 0.497 e. The van der Waals surface area contributed by atoms with Crippen LogP contribution in [0.1, 0.15) is 58.3 Å². The third kappa shape index (κ3) is 5.84. The number of unbranched alkanes of at least 4 members (excludes halogenated alkanes) is 1. The lowest BCUT2D eigenvalue weighted by atomic mass is 9.74. The maximum absolute atomic E-state index is 12.5. The second-order valence-electron chi connectivity index (χ2n) is 8.63. The average Bonchev–Trinajstić information content (AvgIpc) is 2.73. The highest BCUT2D eigenvalue weighted by Gasteiger charge is 2.33. The number of carbonyl (C=O) groups excluding carboxylic acids is 1. The molecule has 0 unspecified atom stereocenters. The molecule has 0 bridgehead atoms. The van der Waals surface area contributed by atoms with Crippen molar-refractivity contribution in [1.29, 1.82) is 0 Å². The van der Waals surface area contributed by atoms with Crippen molar-refractivity contribution in [2.45, 2.75) is 76.4 Å². The van der Waals surface area contributed by atoms with E-state index in [4.69, 9.17) is 9.47 Å². The highest BCUT2D eigenvalue weighted by atomic mass is 28.3. The zero-order valence-electron chi connectivity index (χ0n) is 17.1. The van der Waals surface area contributed by atoms with Crippen molar-refractivity contribution in [3.8, 4) is 11.5 Å². The van der Waals surface area contributed by atoms with Crippen LogP contribution in [0.3, 0.4) is 0 Å². The van der Waals surface area contributed by atoms with Crippen molar-refractivity contribution < 1.29 is 14.3 Å². The number of carbonyl (C=O) groups is 1. The first-order valence-corrected chi connectivity index (χ1v) is 13.5. The van der Waals surface area contributed by atoms with E-state index in [1.807, 2.05) is 24.3 Å². The Kier molecular flexibility index (Phi) is 7.80. The van der Waals surface area contributed by atoms with Gasteiger partial charge < -0.3 is 9.47 Å². The van der Waals surface area contributed by atoms with Crippen LogP contribution in [0, 0.1) is 17.8 Å². The van der Waals surface area contributed by atoms with Gasteiger partial charge >= 0.3 is 5.97 Å². The van der Waals surface area contributed by atoms with Crippen molar-refractivity contribution >= 4 is 14.8 Å². The van der Waals surface area contributed by atoms with Gasteiger partial charge in [-0.25, -0.2) is 0 Å². The maximum Gasteiger partial charge on any atom is 0.314 e. The lowest BCUT2D eigenvalue weighted by molar-refractivity contribution is -0.140. The smallest absolute Gasteiger partial charge is 0.314 e. The number of methoxy groups -OCH3 is 1. The van der Waals surface area contributed by atoms with Crippen LogP contribution in [0.4, 0.5) is 0 Å². The van der Waals surface area contributed by atoms with Gasteiger partial charge in [-0.2, -0.15) is 0 Å². The van der Waals surface area contributed by atoms with Gasteiger partial charge in [-0.15, -0.1) is 0 Å². The van der Waals surface area contributed by atoms with Crippen LogP contribution in [0.5, 0.6) is 11.5 Å². The summed E-state index contributed by atoms with van der Waals surface area (Å²) in [6.45, 7) is 2.32. The average molecular weight is 389 g/mol. The lowest BCUT2D eigenvalue weighted by Gasteiger charge is -2.37. The molecule has 2 aliphatic rings. The molecular weight excluding hydrogens is 352 g/mol. The van der Waals surface area contributed by atoms with Gasteiger partial charge in [0, 0.05) is 8.80 Å². The molecule has 1 aliphatic heterocycles. The normalized spacial score (nSPS) is 28.5.